The van der Waals surface area contributed by atoms with E-state index in [1.54, 1.807) is 23.0 Å². The molecule has 1 atom stereocenters. The fourth-order valence-electron chi connectivity index (χ4n) is 2.46. The summed E-state index contributed by atoms with van der Waals surface area (Å²) in [6.45, 7) is 4.07. The third-order valence-corrected chi connectivity index (χ3v) is 4.30. The zero-order chi connectivity index (χ0) is 20.0. The van der Waals surface area contributed by atoms with E-state index in [9.17, 15) is 14.9 Å². The average Bonchev–Trinajstić information content (AvgIpc) is 2.66. The highest BCUT2D eigenvalue weighted by Crippen LogP contribution is 2.17. The van der Waals surface area contributed by atoms with Gasteiger partial charge in [-0.2, -0.15) is 4.57 Å². The van der Waals surface area contributed by atoms with E-state index in [0.717, 1.165) is 5.69 Å². The fraction of sp³-hybridized carbons (Fsp3) is 0.211. The Hall–Kier alpha value is -3.13. The third kappa shape index (κ3) is 4.95. The Morgan fingerprint density at radius 2 is 1.89 bits per heavy atom. The van der Waals surface area contributed by atoms with Crippen LogP contribution in [0, 0.1) is 10.1 Å². The minimum absolute atomic E-state index is 0.0709. The second kappa shape index (κ2) is 9.00. The van der Waals surface area contributed by atoms with Crippen LogP contribution in [-0.4, -0.2) is 36.3 Å². The number of aromatic nitrogens is 1. The highest BCUT2D eigenvalue weighted by atomic mass is 32.1. The van der Waals surface area contributed by atoms with Gasteiger partial charge in [-0.3, -0.25) is 14.9 Å². The molecule has 0 unspecified atom stereocenters. The minimum Gasteiger partial charge on any atom is -0.377 e. The molecule has 0 saturated heterocycles. The first kappa shape index (κ1) is 20.2. The van der Waals surface area contributed by atoms with Gasteiger partial charge in [0.1, 0.15) is 0 Å². The van der Waals surface area contributed by atoms with Crippen molar-refractivity contribution in [2.24, 2.45) is 0 Å². The van der Waals surface area contributed by atoms with E-state index in [1.165, 1.54) is 24.3 Å². The number of nitro benzene ring substituents is 1. The number of nitrogens with zero attached hydrogens (tertiary/aromatic N) is 3. The van der Waals surface area contributed by atoms with E-state index < -0.39 is 11.0 Å². The van der Waals surface area contributed by atoms with E-state index in [2.05, 4.69) is 11.9 Å². The van der Waals surface area contributed by atoms with Gasteiger partial charge in [0.05, 0.1) is 4.92 Å². The van der Waals surface area contributed by atoms with Crippen molar-refractivity contribution in [1.29, 1.82) is 0 Å². The molecule has 7 nitrogen and oxygen atoms in total. The first-order valence-electron chi connectivity index (χ1n) is 8.20. The number of thiocarbonyl (C=S) groups is 1. The predicted octanol–water partition coefficient (Wildman–Crippen LogP) is 2.48. The number of non-ortho nitro benzene ring substituents is 1. The zero-order valence-corrected chi connectivity index (χ0v) is 16.0. The van der Waals surface area contributed by atoms with Gasteiger partial charge in [0.15, 0.2) is 17.4 Å². The summed E-state index contributed by atoms with van der Waals surface area (Å²) < 4.78 is 1.72. The van der Waals surface area contributed by atoms with Gasteiger partial charge in [-0.25, -0.2) is 0 Å². The number of hydrogen-bond acceptors (Lipinski definition) is 5. The molecule has 140 valence electrons. The molecule has 0 aliphatic carbocycles. The number of rotatable bonds is 8. The Morgan fingerprint density at radius 1 is 1.30 bits per heavy atom. The lowest BCUT2D eigenvalue weighted by Gasteiger charge is -2.15. The summed E-state index contributed by atoms with van der Waals surface area (Å²) in [4.78, 5) is 25.7. The van der Waals surface area contributed by atoms with Gasteiger partial charge < -0.3 is 10.2 Å². The Morgan fingerprint density at radius 3 is 2.37 bits per heavy atom. The SMILES string of the molecule is C=CCNC(=S)[C@@H](C(=O)c1ccc([N+](=O)[O-])cc1)[n+]1ccc(N(C)C)cc1. The average molecular weight is 385 g/mol. The minimum atomic E-state index is -0.766. The normalized spacial score (nSPS) is 11.3. The first-order valence-corrected chi connectivity index (χ1v) is 8.61. The van der Waals surface area contributed by atoms with Crippen molar-refractivity contribution in [2.45, 2.75) is 6.04 Å². The number of benzene rings is 1. The van der Waals surface area contributed by atoms with Crippen LogP contribution in [0.1, 0.15) is 16.4 Å². The molecule has 2 rings (SSSR count). The summed E-state index contributed by atoms with van der Waals surface area (Å²) in [5.74, 6) is -0.255. The molecular formula is C19H21N4O3S+. The fourth-order valence-corrected chi connectivity index (χ4v) is 2.78. The molecule has 0 radical (unpaired) electrons. The lowest BCUT2D eigenvalue weighted by molar-refractivity contribution is -0.692. The quantitative estimate of drug-likeness (QED) is 0.188. The number of carbonyl (C=O) groups excluding carboxylic acids is 1. The molecule has 0 amide bonds. The maximum atomic E-state index is 13.1. The number of Topliss-reactive ketones (excluding diaryl/α,β-unsaturated/α-hetero) is 1. The Bertz CT molecular complexity index is 848. The van der Waals surface area contributed by atoms with Crippen LogP contribution in [0.15, 0.2) is 61.4 Å². The number of carbonyl (C=O) groups is 1. The lowest BCUT2D eigenvalue weighted by Crippen LogP contribution is -2.51. The van der Waals surface area contributed by atoms with Crippen molar-refractivity contribution in [3.63, 3.8) is 0 Å². The van der Waals surface area contributed by atoms with Crippen molar-refractivity contribution in [2.75, 3.05) is 25.5 Å². The van der Waals surface area contributed by atoms with Gasteiger partial charge in [-0.15, -0.1) is 6.58 Å². The molecule has 1 heterocycles. The van der Waals surface area contributed by atoms with Gasteiger partial charge >= 0.3 is 0 Å². The van der Waals surface area contributed by atoms with E-state index in [4.69, 9.17) is 12.2 Å². The molecule has 0 aliphatic heterocycles. The summed E-state index contributed by atoms with van der Waals surface area (Å²) in [5.41, 5.74) is 1.26. The van der Waals surface area contributed by atoms with Crippen LogP contribution in [0.4, 0.5) is 11.4 Å². The second-order valence-corrected chi connectivity index (χ2v) is 6.44. The predicted molar refractivity (Wildman–Crippen MR) is 108 cm³/mol. The molecule has 1 N–H and O–H groups in total. The first-order chi connectivity index (χ1) is 12.8. The largest absolute Gasteiger partial charge is 0.377 e. The molecule has 27 heavy (non-hydrogen) atoms. The number of ketones is 1. The Kier molecular flexibility index (Phi) is 6.73. The summed E-state index contributed by atoms with van der Waals surface area (Å²) >= 11 is 5.43. The van der Waals surface area contributed by atoms with Gasteiger partial charge in [-0.05, 0) is 12.1 Å². The lowest BCUT2D eigenvalue weighted by atomic mass is 10.0. The zero-order valence-electron chi connectivity index (χ0n) is 15.2. The van der Waals surface area contributed by atoms with E-state index in [1.807, 2.05) is 31.1 Å². The van der Waals surface area contributed by atoms with Crippen molar-refractivity contribution < 1.29 is 14.3 Å². The second-order valence-electron chi connectivity index (χ2n) is 6.00. The molecule has 0 bridgehead atoms. The molecule has 0 aliphatic rings. The van der Waals surface area contributed by atoms with Crippen LogP contribution < -0.4 is 14.8 Å². The van der Waals surface area contributed by atoms with Crippen LogP contribution in [-0.2, 0) is 0 Å². The number of pyridine rings is 1. The Labute approximate surface area is 163 Å². The summed E-state index contributed by atoms with van der Waals surface area (Å²) in [6, 6.07) is 8.50. The third-order valence-electron chi connectivity index (χ3n) is 3.93. The number of hydrogen-bond donors (Lipinski definition) is 1. The standard InChI is InChI=1S/C19H20N4O3S/c1-4-11-20-19(27)17(22-12-9-15(10-13-22)21(2)3)18(24)14-5-7-16(8-6-14)23(25)26/h4-10,12-13,17H,1,11H2,2-3H3/p+1/t17-/m1/s1. The molecule has 0 spiro atoms. The highest BCUT2D eigenvalue weighted by molar-refractivity contribution is 7.80. The van der Waals surface area contributed by atoms with Crippen LogP contribution in [0.3, 0.4) is 0 Å². The van der Waals surface area contributed by atoms with Crippen molar-refractivity contribution in [3.8, 4) is 0 Å². The van der Waals surface area contributed by atoms with Gasteiger partial charge in [0, 0.05) is 56.2 Å². The monoisotopic (exact) mass is 385 g/mol. The van der Waals surface area contributed by atoms with E-state index >= 15 is 0 Å². The molecule has 0 saturated carbocycles. The summed E-state index contributed by atoms with van der Waals surface area (Å²) in [5, 5.41) is 13.8. The van der Waals surface area contributed by atoms with Gasteiger partial charge in [0.25, 0.3) is 11.7 Å². The van der Waals surface area contributed by atoms with Crippen LogP contribution in [0.25, 0.3) is 0 Å². The number of nitrogens with one attached hydrogen (secondary N) is 1. The maximum Gasteiger partial charge on any atom is 0.270 e. The molecule has 1 aromatic heterocycles. The molecule has 0 fully saturated rings. The van der Waals surface area contributed by atoms with Gasteiger partial charge in [-0.1, -0.05) is 18.3 Å². The van der Waals surface area contributed by atoms with E-state index in [-0.39, 0.29) is 11.5 Å². The topological polar surface area (TPSA) is 79.4 Å². The maximum absolute atomic E-state index is 13.1. The summed E-state index contributed by atoms with van der Waals surface area (Å²) in [6.07, 6.45) is 5.22. The highest BCUT2D eigenvalue weighted by Gasteiger charge is 2.33. The summed E-state index contributed by atoms with van der Waals surface area (Å²) in [7, 11) is 3.85. The van der Waals surface area contributed by atoms with Crippen molar-refractivity contribution >= 4 is 34.4 Å². The van der Waals surface area contributed by atoms with Crippen LogP contribution in [0.5, 0.6) is 0 Å². The van der Waals surface area contributed by atoms with Crippen LogP contribution in [0.2, 0.25) is 0 Å². The molecular weight excluding hydrogens is 364 g/mol. The smallest absolute Gasteiger partial charge is 0.270 e. The molecule has 8 heteroatoms. The Balaban J connectivity index is 2.38. The van der Waals surface area contributed by atoms with Crippen molar-refractivity contribution in [3.05, 3.63) is 77.1 Å². The number of anilines is 1. The van der Waals surface area contributed by atoms with Gasteiger partial charge in [0.2, 0.25) is 5.78 Å². The number of nitro groups is 1. The molecule has 1 aromatic carbocycles. The van der Waals surface area contributed by atoms with Crippen molar-refractivity contribution in [1.82, 2.24) is 5.32 Å². The molecule has 2 aromatic rings. The van der Waals surface area contributed by atoms with E-state index in [0.29, 0.717) is 17.1 Å². The van der Waals surface area contributed by atoms with Crippen LogP contribution >= 0.6 is 12.2 Å².